The molecule has 0 fully saturated rings. The van der Waals surface area contributed by atoms with Crippen molar-refractivity contribution in [2.24, 2.45) is 0 Å². The summed E-state index contributed by atoms with van der Waals surface area (Å²) in [6.07, 6.45) is 1.83. The molecule has 0 saturated carbocycles. The van der Waals surface area contributed by atoms with Crippen molar-refractivity contribution in [1.82, 2.24) is 4.98 Å². The molecule has 0 spiro atoms. The summed E-state index contributed by atoms with van der Waals surface area (Å²) in [6, 6.07) is 6.00. The fourth-order valence-electron chi connectivity index (χ4n) is 0.376. The van der Waals surface area contributed by atoms with E-state index in [1.165, 1.54) is 3.25 Å². The van der Waals surface area contributed by atoms with Gasteiger partial charge < -0.3 is 0 Å². The molecular formula is C5H4NTl. The molecule has 0 aliphatic heterocycles. The van der Waals surface area contributed by atoms with Crippen LogP contribution in [0.15, 0.2) is 24.4 Å². The zero-order valence-corrected chi connectivity index (χ0v) is 8.32. The summed E-state index contributed by atoms with van der Waals surface area (Å²) in [5.41, 5.74) is 0. The fourth-order valence-corrected chi connectivity index (χ4v) is 1.14. The third kappa shape index (κ3) is 1.55. The Morgan fingerprint density at radius 1 is 1.43 bits per heavy atom. The van der Waals surface area contributed by atoms with Crippen LogP contribution in [0.4, 0.5) is 0 Å². The summed E-state index contributed by atoms with van der Waals surface area (Å²) in [7, 11) is 0. The number of rotatable bonds is 0. The Morgan fingerprint density at radius 2 is 2.29 bits per heavy atom. The molecule has 1 heterocycles. The van der Waals surface area contributed by atoms with Gasteiger partial charge in [0, 0.05) is 0 Å². The van der Waals surface area contributed by atoms with Crippen LogP contribution in [0.1, 0.15) is 0 Å². The van der Waals surface area contributed by atoms with Crippen LogP contribution in [0.5, 0.6) is 0 Å². The molecule has 0 aromatic carbocycles. The zero-order chi connectivity index (χ0) is 5.11. The van der Waals surface area contributed by atoms with E-state index in [0.717, 1.165) is 25.8 Å². The van der Waals surface area contributed by atoms with Gasteiger partial charge in [0.05, 0.1) is 0 Å². The van der Waals surface area contributed by atoms with Crippen molar-refractivity contribution in [2.75, 3.05) is 0 Å². The van der Waals surface area contributed by atoms with Crippen LogP contribution >= 0.6 is 0 Å². The zero-order valence-electron chi connectivity index (χ0n) is 3.83. The number of nitrogens with zero attached hydrogens (tertiary/aromatic N) is 1. The second-order valence-electron chi connectivity index (χ2n) is 1.25. The van der Waals surface area contributed by atoms with E-state index >= 15 is 0 Å². The van der Waals surface area contributed by atoms with Crippen LogP contribution in [0.3, 0.4) is 0 Å². The number of aromatic nitrogens is 1. The van der Waals surface area contributed by atoms with Gasteiger partial charge in [-0.15, -0.1) is 0 Å². The molecule has 0 aliphatic rings. The Kier molecular flexibility index (Phi) is 1.79. The van der Waals surface area contributed by atoms with Crippen LogP contribution < -0.4 is 3.25 Å². The molecule has 0 aliphatic carbocycles. The van der Waals surface area contributed by atoms with Crippen molar-refractivity contribution in [3.05, 3.63) is 24.4 Å². The molecule has 0 N–H and O–H groups in total. The van der Waals surface area contributed by atoms with Gasteiger partial charge in [0.2, 0.25) is 0 Å². The minimum absolute atomic E-state index is 0.881. The second kappa shape index (κ2) is 2.40. The molecule has 0 amide bonds. The summed E-state index contributed by atoms with van der Waals surface area (Å²) in [5.74, 6) is 0. The van der Waals surface area contributed by atoms with Gasteiger partial charge in [-0.2, -0.15) is 0 Å². The Morgan fingerprint density at radius 3 is 2.57 bits per heavy atom. The Bertz CT molecular complexity index is 138. The summed E-state index contributed by atoms with van der Waals surface area (Å²) in [6.45, 7) is 0. The minimum atomic E-state index is 0.881. The molecular weight excluding hydrogens is 278 g/mol. The third-order valence-corrected chi connectivity index (χ3v) is 2.02. The standard InChI is InChI=1S/C5H4N.Tl/c1-2-4-6-5-3-1;/h1-4H;. The van der Waals surface area contributed by atoms with Gasteiger partial charge >= 0.3 is 58.4 Å². The molecule has 0 radical (unpaired) electrons. The van der Waals surface area contributed by atoms with Gasteiger partial charge in [-0.1, -0.05) is 0 Å². The van der Waals surface area contributed by atoms with Crippen molar-refractivity contribution < 1.29 is 0 Å². The monoisotopic (exact) mass is 283 g/mol. The van der Waals surface area contributed by atoms with E-state index in [1.54, 1.807) is 0 Å². The quantitative estimate of drug-likeness (QED) is 0.605. The summed E-state index contributed by atoms with van der Waals surface area (Å²) < 4.78 is 1.24. The first-order chi connectivity index (χ1) is 3.39. The van der Waals surface area contributed by atoms with E-state index in [4.69, 9.17) is 0 Å². The van der Waals surface area contributed by atoms with E-state index in [2.05, 4.69) is 4.98 Å². The van der Waals surface area contributed by atoms with E-state index in [1.807, 2.05) is 24.4 Å². The van der Waals surface area contributed by atoms with Crippen molar-refractivity contribution >= 4 is 29.0 Å². The first-order valence-corrected chi connectivity index (χ1v) is 4.30. The normalized spacial score (nSPS) is 8.43. The average molecular weight is 282 g/mol. The molecule has 0 saturated heterocycles. The predicted octanol–water partition coefficient (Wildman–Crippen LogP) is -0.125. The van der Waals surface area contributed by atoms with Crippen molar-refractivity contribution in [2.45, 2.75) is 0 Å². The maximum absolute atomic E-state index is 4.05. The van der Waals surface area contributed by atoms with E-state index in [0.29, 0.717) is 0 Å². The first-order valence-electron chi connectivity index (χ1n) is 2.06. The molecule has 7 heavy (non-hydrogen) atoms. The van der Waals surface area contributed by atoms with Gasteiger partial charge in [-0.25, -0.2) is 0 Å². The molecule has 1 nitrogen and oxygen atoms in total. The molecule has 2 heteroatoms. The van der Waals surface area contributed by atoms with Crippen LogP contribution in [0.2, 0.25) is 0 Å². The number of hydrogen-bond acceptors (Lipinski definition) is 1. The summed E-state index contributed by atoms with van der Waals surface area (Å²) in [4.78, 5) is 4.05. The van der Waals surface area contributed by atoms with E-state index < -0.39 is 0 Å². The molecule has 0 unspecified atom stereocenters. The molecule has 0 bridgehead atoms. The SMILES string of the molecule is [Tl][c]1ccccn1. The van der Waals surface area contributed by atoms with E-state index in [9.17, 15) is 0 Å². The molecule has 0 atom stereocenters. The Hall–Kier alpha value is 0.0721. The molecule has 1 rings (SSSR count). The van der Waals surface area contributed by atoms with Gasteiger partial charge in [0.1, 0.15) is 0 Å². The van der Waals surface area contributed by atoms with E-state index in [-0.39, 0.29) is 0 Å². The van der Waals surface area contributed by atoms with Gasteiger partial charge in [-0.05, 0) is 0 Å². The van der Waals surface area contributed by atoms with Crippen LogP contribution in [-0.2, 0) is 0 Å². The third-order valence-electron chi connectivity index (χ3n) is 0.688. The fraction of sp³-hybridized carbons (Fsp3) is 0. The van der Waals surface area contributed by atoms with Gasteiger partial charge in [0.15, 0.2) is 0 Å². The molecule has 1 aromatic heterocycles. The van der Waals surface area contributed by atoms with Crippen molar-refractivity contribution in [3.63, 3.8) is 0 Å². The van der Waals surface area contributed by atoms with Gasteiger partial charge in [-0.3, -0.25) is 0 Å². The van der Waals surface area contributed by atoms with Crippen molar-refractivity contribution in [1.29, 1.82) is 0 Å². The van der Waals surface area contributed by atoms with Crippen LogP contribution in [-0.4, -0.2) is 30.8 Å². The Labute approximate surface area is 58.5 Å². The number of pyridine rings is 1. The maximum atomic E-state index is 4.05. The van der Waals surface area contributed by atoms with Crippen molar-refractivity contribution in [3.8, 4) is 0 Å². The summed E-state index contributed by atoms with van der Waals surface area (Å²) in [5, 5.41) is 0. The molecule has 32 valence electrons. The summed E-state index contributed by atoms with van der Waals surface area (Å²) >= 11 is 0.881. The van der Waals surface area contributed by atoms with Crippen LogP contribution in [0, 0.1) is 0 Å². The predicted molar refractivity (Wildman–Crippen MR) is 29.6 cm³/mol. The van der Waals surface area contributed by atoms with Gasteiger partial charge in [0.25, 0.3) is 0 Å². The number of hydrogen-bond donors (Lipinski definition) is 0. The average Bonchev–Trinajstić information content (AvgIpc) is 1.69. The Balaban J connectivity index is 3.02. The topological polar surface area (TPSA) is 12.9 Å². The first kappa shape index (κ1) is 5.21. The second-order valence-corrected chi connectivity index (χ2v) is 3.55. The molecule has 1 aromatic rings. The van der Waals surface area contributed by atoms with Crippen LogP contribution in [0.25, 0.3) is 0 Å².